The number of fused-ring (bicyclic) bond motifs is 3. The first kappa shape index (κ1) is 34.3. The van der Waals surface area contributed by atoms with Crippen LogP contribution in [-0.4, -0.2) is 19.3 Å². The first-order valence-corrected chi connectivity index (χ1v) is 18.7. The van der Waals surface area contributed by atoms with E-state index in [4.69, 9.17) is 14.8 Å². The molecule has 51 heavy (non-hydrogen) atoms. The molecule has 0 aliphatic carbocycles. The molecule has 7 rings (SSSR count). The smallest absolute Gasteiger partial charge is 0.137 e. The molecule has 4 aromatic carbocycles. The number of rotatable bonds is 13. The predicted molar refractivity (Wildman–Crippen MR) is 213 cm³/mol. The van der Waals surface area contributed by atoms with Gasteiger partial charge in [0.1, 0.15) is 17.3 Å². The summed E-state index contributed by atoms with van der Waals surface area (Å²) in [6.45, 7) is 13.4. The molecular weight excluding hydrogens is 625 g/mol. The fraction of sp³-hybridized carbons (Fsp3) is 0.304. The number of aryl methyl sites for hydroxylation is 2. The van der Waals surface area contributed by atoms with Gasteiger partial charge in [-0.15, -0.1) is 0 Å². The molecule has 3 heterocycles. The van der Waals surface area contributed by atoms with Gasteiger partial charge in [0.2, 0.25) is 0 Å². The van der Waals surface area contributed by atoms with Crippen LogP contribution < -0.4 is 4.74 Å². The van der Waals surface area contributed by atoms with Gasteiger partial charge in [0.25, 0.3) is 0 Å². The van der Waals surface area contributed by atoms with Crippen molar-refractivity contribution < 1.29 is 4.74 Å². The molecule has 0 spiro atoms. The molecule has 3 aromatic heterocycles. The van der Waals surface area contributed by atoms with E-state index >= 15 is 0 Å². The summed E-state index contributed by atoms with van der Waals surface area (Å²) in [6.07, 6.45) is 9.15. The van der Waals surface area contributed by atoms with Crippen LogP contribution in [0.15, 0.2) is 109 Å². The minimum Gasteiger partial charge on any atom is -0.457 e. The van der Waals surface area contributed by atoms with Crippen LogP contribution in [0.4, 0.5) is 0 Å². The average molecular weight is 675 g/mol. The topological polar surface area (TPSA) is 44.9 Å². The van der Waals surface area contributed by atoms with Gasteiger partial charge in [0.05, 0.1) is 22.4 Å². The molecule has 0 amide bonds. The van der Waals surface area contributed by atoms with Crippen molar-refractivity contribution >= 4 is 21.8 Å². The van der Waals surface area contributed by atoms with Crippen molar-refractivity contribution in [3.63, 3.8) is 0 Å². The van der Waals surface area contributed by atoms with Gasteiger partial charge in [0, 0.05) is 40.4 Å². The average Bonchev–Trinajstić information content (AvgIpc) is 3.63. The molecule has 5 nitrogen and oxygen atoms in total. The van der Waals surface area contributed by atoms with Crippen LogP contribution in [0.5, 0.6) is 11.5 Å². The third-order valence-electron chi connectivity index (χ3n) is 10.3. The Morgan fingerprint density at radius 2 is 1.55 bits per heavy atom. The second-order valence-electron chi connectivity index (χ2n) is 14.6. The number of ether oxygens (including phenoxy) is 1. The maximum atomic E-state index is 6.63. The maximum Gasteiger partial charge on any atom is 0.137 e. The largest absolute Gasteiger partial charge is 0.457 e. The molecular formula is C46H50N4O. The normalized spacial score (nSPS) is 12.3. The van der Waals surface area contributed by atoms with Crippen molar-refractivity contribution in [2.45, 2.75) is 86.0 Å². The van der Waals surface area contributed by atoms with Gasteiger partial charge in [-0.05, 0) is 110 Å². The van der Waals surface area contributed by atoms with E-state index < -0.39 is 0 Å². The highest BCUT2D eigenvalue weighted by Crippen LogP contribution is 2.38. The van der Waals surface area contributed by atoms with Crippen LogP contribution in [0, 0.1) is 19.8 Å². The van der Waals surface area contributed by atoms with E-state index in [1.807, 2.05) is 29.1 Å². The second kappa shape index (κ2) is 15.0. The predicted octanol–water partition coefficient (Wildman–Crippen LogP) is 12.7. The maximum absolute atomic E-state index is 6.63. The van der Waals surface area contributed by atoms with E-state index in [1.54, 1.807) is 0 Å². The lowest BCUT2D eigenvalue weighted by atomic mass is 9.94. The Bertz CT molecular complexity index is 2280. The zero-order valence-corrected chi connectivity index (χ0v) is 31.0. The summed E-state index contributed by atoms with van der Waals surface area (Å²) in [4.78, 5) is 4.93. The molecule has 7 aromatic rings. The first-order valence-electron chi connectivity index (χ1n) is 18.7. The van der Waals surface area contributed by atoms with Crippen LogP contribution in [0.3, 0.4) is 0 Å². The van der Waals surface area contributed by atoms with E-state index in [2.05, 4.69) is 131 Å². The fourth-order valence-electron chi connectivity index (χ4n) is 7.43. The number of hydrogen-bond acceptors (Lipinski definition) is 3. The summed E-state index contributed by atoms with van der Waals surface area (Å²) in [7, 11) is 0. The SMILES string of the molecule is CCCCCC(C)c1ccc2c(c1)c1ccc(Oc3cccc(-n4nc(C)c(-c5ccccc5)c4C)c3)cc1n2-c1cc(CCC(C)C)ccn1. The highest BCUT2D eigenvalue weighted by Gasteiger charge is 2.18. The molecule has 0 bridgehead atoms. The fourth-order valence-corrected chi connectivity index (χ4v) is 7.43. The molecule has 0 aliphatic rings. The van der Waals surface area contributed by atoms with Gasteiger partial charge in [-0.25, -0.2) is 9.67 Å². The summed E-state index contributed by atoms with van der Waals surface area (Å²) in [5.74, 6) is 3.65. The summed E-state index contributed by atoms with van der Waals surface area (Å²) in [5, 5.41) is 7.40. The van der Waals surface area contributed by atoms with Gasteiger partial charge in [0.15, 0.2) is 0 Å². The minimum atomic E-state index is 0.512. The van der Waals surface area contributed by atoms with Crippen molar-refractivity contribution in [2.24, 2.45) is 5.92 Å². The Labute approximate surface area is 302 Å². The molecule has 1 unspecified atom stereocenters. The van der Waals surface area contributed by atoms with E-state index in [9.17, 15) is 0 Å². The Balaban J connectivity index is 1.28. The molecule has 0 N–H and O–H groups in total. The minimum absolute atomic E-state index is 0.512. The van der Waals surface area contributed by atoms with Crippen LogP contribution in [0.25, 0.3) is 44.4 Å². The van der Waals surface area contributed by atoms with Crippen molar-refractivity contribution in [2.75, 3.05) is 0 Å². The molecule has 0 fully saturated rings. The van der Waals surface area contributed by atoms with E-state index in [0.717, 1.165) is 52.8 Å². The van der Waals surface area contributed by atoms with Crippen LogP contribution in [-0.2, 0) is 6.42 Å². The van der Waals surface area contributed by atoms with Crippen LogP contribution >= 0.6 is 0 Å². The van der Waals surface area contributed by atoms with Crippen molar-refractivity contribution in [1.29, 1.82) is 0 Å². The van der Waals surface area contributed by atoms with Gasteiger partial charge >= 0.3 is 0 Å². The highest BCUT2D eigenvalue weighted by molar-refractivity contribution is 6.09. The van der Waals surface area contributed by atoms with Crippen molar-refractivity contribution in [3.05, 3.63) is 132 Å². The summed E-state index contributed by atoms with van der Waals surface area (Å²) in [6, 6.07) is 36.6. The zero-order chi connectivity index (χ0) is 35.5. The monoisotopic (exact) mass is 674 g/mol. The second-order valence-corrected chi connectivity index (χ2v) is 14.6. The van der Waals surface area contributed by atoms with Gasteiger partial charge in [-0.2, -0.15) is 5.10 Å². The molecule has 0 saturated carbocycles. The summed E-state index contributed by atoms with van der Waals surface area (Å²) >= 11 is 0. The summed E-state index contributed by atoms with van der Waals surface area (Å²) < 4.78 is 11.0. The third kappa shape index (κ3) is 7.21. The number of pyridine rings is 1. The van der Waals surface area contributed by atoms with E-state index in [-0.39, 0.29) is 0 Å². The Morgan fingerprint density at radius 1 is 0.725 bits per heavy atom. The Kier molecular flexibility index (Phi) is 10.1. The third-order valence-corrected chi connectivity index (χ3v) is 10.3. The Morgan fingerprint density at radius 3 is 2.35 bits per heavy atom. The number of hydrogen-bond donors (Lipinski definition) is 0. The molecule has 0 aliphatic heterocycles. The van der Waals surface area contributed by atoms with Gasteiger partial charge in [-0.1, -0.05) is 89.4 Å². The summed E-state index contributed by atoms with van der Waals surface area (Å²) in [5.41, 5.74) is 10.4. The molecule has 0 radical (unpaired) electrons. The van der Waals surface area contributed by atoms with Gasteiger partial charge < -0.3 is 4.74 Å². The van der Waals surface area contributed by atoms with Crippen LogP contribution in [0.2, 0.25) is 0 Å². The van der Waals surface area contributed by atoms with E-state index in [1.165, 1.54) is 64.2 Å². The number of nitrogens with zero attached hydrogens (tertiary/aromatic N) is 4. The molecule has 5 heteroatoms. The highest BCUT2D eigenvalue weighted by atomic mass is 16.5. The lowest BCUT2D eigenvalue weighted by Crippen LogP contribution is -2.00. The quantitative estimate of drug-likeness (QED) is 0.114. The molecule has 0 saturated heterocycles. The number of unbranched alkanes of at least 4 members (excludes halogenated alkanes) is 2. The molecule has 1 atom stereocenters. The first-order chi connectivity index (χ1) is 24.8. The van der Waals surface area contributed by atoms with E-state index in [0.29, 0.717) is 11.8 Å². The number of aromatic nitrogens is 4. The van der Waals surface area contributed by atoms with Gasteiger partial charge in [-0.3, -0.25) is 4.57 Å². The lowest BCUT2D eigenvalue weighted by molar-refractivity contribution is 0.482. The standard InChI is InChI=1S/C46H50N4O/c1-7-8-10-14-32(4)37-21-24-43-42(28-37)41-23-22-40(30-44(41)49(43)45-27-35(25-26-47-45)20-19-31(2)3)51-39-18-13-17-38(29-39)50-34(6)46(33(5)48-50)36-15-11-9-12-16-36/h9,11-13,15-18,21-32H,7-8,10,14,19-20H2,1-6H3. The molecule has 260 valence electrons. The lowest BCUT2D eigenvalue weighted by Gasteiger charge is -2.13. The van der Waals surface area contributed by atoms with Crippen molar-refractivity contribution in [3.8, 4) is 34.1 Å². The zero-order valence-electron chi connectivity index (χ0n) is 31.0. The number of benzene rings is 4. The van der Waals surface area contributed by atoms with Crippen LogP contribution in [0.1, 0.15) is 88.2 Å². The van der Waals surface area contributed by atoms with Crippen molar-refractivity contribution in [1.82, 2.24) is 19.3 Å². The Hall–Kier alpha value is -5.16.